The Morgan fingerprint density at radius 3 is 2.76 bits per heavy atom. The summed E-state index contributed by atoms with van der Waals surface area (Å²) in [5.74, 6) is -1.60. The van der Waals surface area contributed by atoms with Crippen molar-refractivity contribution in [2.75, 3.05) is 25.1 Å². The van der Waals surface area contributed by atoms with Gasteiger partial charge in [-0.2, -0.15) is 0 Å². The number of aliphatic carboxylic acids is 1. The molecule has 0 radical (unpaired) electrons. The van der Waals surface area contributed by atoms with E-state index in [1.54, 1.807) is 18.2 Å². The number of hydrogen-bond acceptors (Lipinski definition) is 8. The van der Waals surface area contributed by atoms with Crippen LogP contribution >= 0.6 is 0 Å². The normalized spacial score (nSPS) is 21.9. The Hall–Kier alpha value is -2.66. The Labute approximate surface area is 166 Å². The Kier molecular flexibility index (Phi) is 6.70. The highest BCUT2D eigenvalue weighted by Gasteiger charge is 2.30. The quantitative estimate of drug-likeness (QED) is 0.304. The van der Waals surface area contributed by atoms with Crippen LogP contribution in [-0.2, 0) is 9.53 Å². The van der Waals surface area contributed by atoms with Gasteiger partial charge >= 0.3 is 5.97 Å². The summed E-state index contributed by atoms with van der Waals surface area (Å²) < 4.78 is 5.23. The minimum atomic E-state index is -1.00. The van der Waals surface area contributed by atoms with Crippen molar-refractivity contribution in [3.05, 3.63) is 34.1 Å². The van der Waals surface area contributed by atoms with Crippen molar-refractivity contribution >= 4 is 22.4 Å². The lowest BCUT2D eigenvalue weighted by molar-refractivity contribution is -0.138. The van der Waals surface area contributed by atoms with Crippen molar-refractivity contribution in [3.8, 4) is 5.88 Å². The predicted molar refractivity (Wildman–Crippen MR) is 105 cm³/mol. The molecule has 3 atom stereocenters. The number of aliphatic hydroxyl groups is 2. The molecule has 0 amide bonds. The van der Waals surface area contributed by atoms with Crippen molar-refractivity contribution in [2.45, 2.75) is 37.6 Å². The number of piperidine rings is 1. The van der Waals surface area contributed by atoms with Gasteiger partial charge in [0.05, 0.1) is 19.6 Å². The van der Waals surface area contributed by atoms with Gasteiger partial charge in [0.25, 0.3) is 5.56 Å². The molecule has 7 N–H and O–H groups in total. The minimum Gasteiger partial charge on any atom is -0.494 e. The lowest BCUT2D eigenvalue weighted by Crippen LogP contribution is -2.46. The Balaban J connectivity index is 1.88. The molecule has 2 heterocycles. The molecule has 1 aromatic heterocycles. The first kappa shape index (κ1) is 21.1. The van der Waals surface area contributed by atoms with Crippen molar-refractivity contribution in [2.24, 2.45) is 0 Å². The molecule has 1 aliphatic rings. The number of rotatable bonds is 8. The fraction of sp³-hybridized carbons (Fsp3) is 0.474. The molecule has 10 heteroatoms. The first-order valence-corrected chi connectivity index (χ1v) is 9.42. The highest BCUT2D eigenvalue weighted by atomic mass is 16.5. The van der Waals surface area contributed by atoms with Gasteiger partial charge in [-0.25, -0.2) is 0 Å². The third-order valence-corrected chi connectivity index (χ3v) is 4.96. The molecule has 0 bridgehead atoms. The standard InChI is InChI=1S/C19H25N3O7/c23-13-5-4-11(17(26)21-13)10-2-1-3-12-15(10)16(19(28)22-18(12)27)20-7-9-29-8-6-14(24)25/h1-3,11,13,17,20-21,23,26H,4-9H2,(H,24,25)(H2,22,27,28). The number of nitrogens with one attached hydrogen (secondary N) is 3. The largest absolute Gasteiger partial charge is 0.494 e. The van der Waals surface area contributed by atoms with Gasteiger partial charge in [0.1, 0.15) is 18.1 Å². The van der Waals surface area contributed by atoms with Crippen LogP contribution in [0.25, 0.3) is 10.8 Å². The van der Waals surface area contributed by atoms with E-state index in [1.165, 1.54) is 0 Å². The van der Waals surface area contributed by atoms with Gasteiger partial charge in [-0.1, -0.05) is 12.1 Å². The molecule has 158 valence electrons. The van der Waals surface area contributed by atoms with Crippen LogP contribution in [0.5, 0.6) is 5.88 Å². The molecule has 0 spiro atoms. The van der Waals surface area contributed by atoms with Crippen LogP contribution < -0.4 is 16.2 Å². The molecule has 1 fully saturated rings. The summed E-state index contributed by atoms with van der Waals surface area (Å²) in [6.07, 6.45) is -0.968. The second kappa shape index (κ2) is 9.23. The van der Waals surface area contributed by atoms with Crippen molar-refractivity contribution in [3.63, 3.8) is 0 Å². The molecule has 1 saturated heterocycles. The maximum atomic E-state index is 12.5. The smallest absolute Gasteiger partial charge is 0.305 e. The molecule has 2 aromatic rings. The molecule has 0 aliphatic carbocycles. The first-order valence-electron chi connectivity index (χ1n) is 9.42. The number of aromatic amines is 1. The number of anilines is 1. The van der Waals surface area contributed by atoms with E-state index in [9.17, 15) is 24.9 Å². The number of H-pyrrole nitrogens is 1. The summed E-state index contributed by atoms with van der Waals surface area (Å²) in [7, 11) is 0. The van der Waals surface area contributed by atoms with Gasteiger partial charge in [0, 0.05) is 23.2 Å². The van der Waals surface area contributed by atoms with Crippen LogP contribution in [0.1, 0.15) is 30.7 Å². The number of hydrogen-bond donors (Lipinski definition) is 7. The number of aliphatic hydroxyl groups excluding tert-OH is 2. The molecule has 3 rings (SSSR count). The van der Waals surface area contributed by atoms with Gasteiger partial charge in [0.2, 0.25) is 0 Å². The molecule has 3 unspecified atom stereocenters. The number of aromatic hydroxyl groups is 1. The maximum absolute atomic E-state index is 12.5. The van der Waals surface area contributed by atoms with E-state index < -0.39 is 24.0 Å². The molecular formula is C19H25N3O7. The number of benzene rings is 1. The van der Waals surface area contributed by atoms with Crippen LogP contribution in [0.2, 0.25) is 0 Å². The number of aromatic nitrogens is 1. The summed E-state index contributed by atoms with van der Waals surface area (Å²) in [4.78, 5) is 25.4. The Bertz CT molecular complexity index is 930. The molecule has 0 saturated carbocycles. The van der Waals surface area contributed by atoms with E-state index in [-0.39, 0.29) is 43.7 Å². The van der Waals surface area contributed by atoms with Crippen LogP contribution in [0.4, 0.5) is 5.69 Å². The molecule has 10 nitrogen and oxygen atoms in total. The van der Waals surface area contributed by atoms with Crippen LogP contribution in [-0.4, -0.2) is 63.6 Å². The molecule has 1 aromatic carbocycles. The highest BCUT2D eigenvalue weighted by molar-refractivity contribution is 5.99. The highest BCUT2D eigenvalue weighted by Crippen LogP contribution is 2.37. The first-order chi connectivity index (χ1) is 13.9. The zero-order chi connectivity index (χ0) is 21.0. The van der Waals surface area contributed by atoms with Gasteiger partial charge in [-0.3, -0.25) is 19.9 Å². The van der Waals surface area contributed by atoms with Crippen molar-refractivity contribution < 1.29 is 30.0 Å². The number of fused-ring (bicyclic) bond motifs is 1. The molecule has 1 aliphatic heterocycles. The Morgan fingerprint density at radius 2 is 2.03 bits per heavy atom. The summed E-state index contributed by atoms with van der Waals surface area (Å²) in [6.45, 7) is 0.509. The zero-order valence-electron chi connectivity index (χ0n) is 15.7. The predicted octanol–water partition coefficient (Wildman–Crippen LogP) is 0.241. The number of ether oxygens (including phenoxy) is 1. The molecule has 29 heavy (non-hydrogen) atoms. The van der Waals surface area contributed by atoms with Crippen molar-refractivity contribution in [1.29, 1.82) is 0 Å². The Morgan fingerprint density at radius 1 is 1.24 bits per heavy atom. The summed E-state index contributed by atoms with van der Waals surface area (Å²) in [5, 5.41) is 45.5. The summed E-state index contributed by atoms with van der Waals surface area (Å²) >= 11 is 0. The summed E-state index contributed by atoms with van der Waals surface area (Å²) in [6, 6.07) is 5.17. The average molecular weight is 407 g/mol. The third-order valence-electron chi connectivity index (χ3n) is 4.96. The van der Waals surface area contributed by atoms with Gasteiger partial charge in [0.15, 0.2) is 5.88 Å². The van der Waals surface area contributed by atoms with Gasteiger partial charge in [-0.15, -0.1) is 0 Å². The third kappa shape index (κ3) is 4.85. The topological polar surface area (TPSA) is 164 Å². The number of carboxylic acids is 1. The lowest BCUT2D eigenvalue weighted by Gasteiger charge is -2.33. The van der Waals surface area contributed by atoms with E-state index >= 15 is 0 Å². The maximum Gasteiger partial charge on any atom is 0.305 e. The minimum absolute atomic E-state index is 0.0667. The monoisotopic (exact) mass is 407 g/mol. The average Bonchev–Trinajstić information content (AvgIpc) is 2.66. The fourth-order valence-electron chi connectivity index (χ4n) is 3.60. The second-order valence-electron chi connectivity index (χ2n) is 6.94. The number of pyridine rings is 1. The van der Waals surface area contributed by atoms with Crippen LogP contribution in [0, 0.1) is 0 Å². The van der Waals surface area contributed by atoms with E-state index in [0.717, 1.165) is 0 Å². The van der Waals surface area contributed by atoms with Crippen LogP contribution in [0.15, 0.2) is 23.0 Å². The number of carbonyl (C=O) groups is 1. The van der Waals surface area contributed by atoms with E-state index in [4.69, 9.17) is 9.84 Å². The summed E-state index contributed by atoms with van der Waals surface area (Å²) in [5.41, 5.74) is 0.380. The van der Waals surface area contributed by atoms with Gasteiger partial charge in [-0.05, 0) is 24.5 Å². The second-order valence-corrected chi connectivity index (χ2v) is 6.94. The van der Waals surface area contributed by atoms with E-state index in [2.05, 4.69) is 15.6 Å². The van der Waals surface area contributed by atoms with Gasteiger partial charge < -0.3 is 30.5 Å². The molecular weight excluding hydrogens is 382 g/mol. The van der Waals surface area contributed by atoms with E-state index in [1.807, 2.05) is 0 Å². The fourth-order valence-corrected chi connectivity index (χ4v) is 3.60. The lowest BCUT2D eigenvalue weighted by atomic mass is 9.86. The number of carboxylic acid groups (broad SMARTS) is 1. The SMILES string of the molecule is O=C(O)CCOCCNc1c(=O)[nH]c(O)c2cccc(C3CCC(O)NC3O)c12. The van der Waals surface area contributed by atoms with E-state index in [0.29, 0.717) is 29.2 Å². The zero-order valence-corrected chi connectivity index (χ0v) is 15.7. The van der Waals surface area contributed by atoms with Crippen LogP contribution in [0.3, 0.4) is 0 Å². The van der Waals surface area contributed by atoms with Crippen molar-refractivity contribution in [1.82, 2.24) is 10.3 Å².